The van der Waals surface area contributed by atoms with Crippen molar-refractivity contribution in [1.82, 2.24) is 39.7 Å². The van der Waals surface area contributed by atoms with E-state index in [-0.39, 0.29) is 42.9 Å². The van der Waals surface area contributed by atoms with Crippen LogP contribution in [-0.2, 0) is 30.5 Å². The summed E-state index contributed by atoms with van der Waals surface area (Å²) in [5, 5.41) is 37.2. The standard InChI is InChI=1S/C43H51F2N11O8S/c44-43(45)22-31(23-46)56(28-43)37(59)24-48-41(64)33-10-11-47-40-32(33)2-1-3-34(40)50-35(57)8-9-36(58)54-18-20-55(21-19-54)42(65)49-30-6-4-29(5-7-30)25-51-12-14-52(26-38(60)61)16-17-53(15-13-51)27-39(62)63/h1-7,10-11,31H,8-9,12-22,24-28H2,(H,48,64)(H,49,65)(H,50,57)(H,60,61)(H,62,63)/t31-/m0/s1. The second kappa shape index (κ2) is 22.0. The molecule has 5 N–H and O–H groups in total. The maximum atomic E-state index is 13.8. The summed E-state index contributed by atoms with van der Waals surface area (Å²) in [5.41, 5.74) is 2.52. The minimum Gasteiger partial charge on any atom is -0.480 e. The van der Waals surface area contributed by atoms with E-state index in [2.05, 4.69) is 25.8 Å². The van der Waals surface area contributed by atoms with Crippen molar-refractivity contribution in [3.8, 4) is 6.07 Å². The predicted molar refractivity (Wildman–Crippen MR) is 237 cm³/mol. The van der Waals surface area contributed by atoms with Crippen molar-refractivity contribution in [3.05, 3.63) is 65.9 Å². The van der Waals surface area contributed by atoms with Gasteiger partial charge in [-0.25, -0.2) is 8.78 Å². The zero-order chi connectivity index (χ0) is 46.7. The number of likely N-dealkylation sites (tertiary alicyclic amines) is 1. The second-order valence-corrected chi connectivity index (χ2v) is 16.5. The number of rotatable bonds is 14. The number of hydrogen-bond acceptors (Lipinski definition) is 12. The molecule has 0 unspecified atom stereocenters. The highest BCUT2D eigenvalue weighted by Crippen LogP contribution is 2.32. The van der Waals surface area contributed by atoms with Crippen molar-refractivity contribution in [1.29, 1.82) is 5.26 Å². The third-order valence-electron chi connectivity index (χ3n) is 11.4. The molecule has 346 valence electrons. The summed E-state index contributed by atoms with van der Waals surface area (Å²) in [4.78, 5) is 89.3. The Morgan fingerprint density at radius 2 is 1.40 bits per heavy atom. The Morgan fingerprint density at radius 1 is 0.785 bits per heavy atom. The molecule has 3 aliphatic heterocycles. The number of anilines is 2. The third kappa shape index (κ3) is 13.6. The number of hydrogen-bond donors (Lipinski definition) is 5. The highest BCUT2D eigenvalue weighted by molar-refractivity contribution is 7.80. The Morgan fingerprint density at radius 3 is 2.02 bits per heavy atom. The molecule has 3 aromatic rings. The maximum absolute atomic E-state index is 13.8. The van der Waals surface area contributed by atoms with Gasteiger partial charge >= 0.3 is 11.9 Å². The number of nitrogens with zero attached hydrogens (tertiary/aromatic N) is 8. The lowest BCUT2D eigenvalue weighted by Crippen LogP contribution is -2.51. The molecule has 0 spiro atoms. The van der Waals surface area contributed by atoms with Crippen LogP contribution in [0.3, 0.4) is 0 Å². The number of pyridine rings is 1. The summed E-state index contributed by atoms with van der Waals surface area (Å²) in [6.45, 7) is 3.93. The second-order valence-electron chi connectivity index (χ2n) is 16.1. The number of aromatic nitrogens is 1. The number of fused-ring (bicyclic) bond motifs is 1. The van der Waals surface area contributed by atoms with Crippen molar-refractivity contribution in [2.24, 2.45) is 0 Å². The molecule has 6 rings (SSSR count). The van der Waals surface area contributed by atoms with Gasteiger partial charge in [-0.3, -0.25) is 48.5 Å². The van der Waals surface area contributed by atoms with Crippen molar-refractivity contribution < 1.29 is 47.8 Å². The van der Waals surface area contributed by atoms with Gasteiger partial charge in [0.05, 0.1) is 49.0 Å². The summed E-state index contributed by atoms with van der Waals surface area (Å²) < 4.78 is 27.7. The van der Waals surface area contributed by atoms with Crippen molar-refractivity contribution in [3.63, 3.8) is 0 Å². The summed E-state index contributed by atoms with van der Waals surface area (Å²) in [6, 6.07) is 14.4. The Bertz CT molecular complexity index is 2280. The van der Waals surface area contributed by atoms with Crippen LogP contribution in [0.4, 0.5) is 20.2 Å². The van der Waals surface area contributed by atoms with Crippen LogP contribution in [0.25, 0.3) is 10.9 Å². The fourth-order valence-corrected chi connectivity index (χ4v) is 8.27. The molecule has 1 atom stereocenters. The summed E-state index contributed by atoms with van der Waals surface area (Å²) in [6.07, 6.45) is 0.423. The Hall–Kier alpha value is -6.41. The van der Waals surface area contributed by atoms with Crippen LogP contribution in [-0.4, -0.2) is 189 Å². The molecule has 0 radical (unpaired) electrons. The van der Waals surface area contributed by atoms with Gasteiger partial charge < -0.3 is 40.9 Å². The number of carbonyl (C=O) groups is 6. The number of benzene rings is 2. The first-order chi connectivity index (χ1) is 31.1. The van der Waals surface area contributed by atoms with Gasteiger partial charge in [0.1, 0.15) is 6.04 Å². The molecule has 65 heavy (non-hydrogen) atoms. The van der Waals surface area contributed by atoms with E-state index in [0.717, 1.165) is 16.2 Å². The van der Waals surface area contributed by atoms with Crippen LogP contribution in [0.15, 0.2) is 54.7 Å². The van der Waals surface area contributed by atoms with Crippen LogP contribution in [0.1, 0.15) is 35.2 Å². The third-order valence-corrected chi connectivity index (χ3v) is 11.8. The van der Waals surface area contributed by atoms with Crippen molar-refractivity contribution >= 4 is 75.2 Å². The number of piperazine rings is 1. The summed E-state index contributed by atoms with van der Waals surface area (Å²) in [5.74, 6) is -7.18. The molecule has 0 saturated carbocycles. The fourth-order valence-electron chi connectivity index (χ4n) is 7.97. The highest BCUT2D eigenvalue weighted by Gasteiger charge is 2.47. The number of carboxylic acid groups (broad SMARTS) is 2. The van der Waals surface area contributed by atoms with Gasteiger partial charge in [-0.2, -0.15) is 5.26 Å². The van der Waals surface area contributed by atoms with Gasteiger partial charge in [0.2, 0.25) is 17.7 Å². The molecule has 3 fully saturated rings. The Labute approximate surface area is 378 Å². The number of carboxylic acids is 2. The first kappa shape index (κ1) is 48.1. The smallest absolute Gasteiger partial charge is 0.317 e. The summed E-state index contributed by atoms with van der Waals surface area (Å²) in [7, 11) is 0. The van der Waals surface area contributed by atoms with Gasteiger partial charge in [0.15, 0.2) is 5.11 Å². The molecule has 0 bridgehead atoms. The first-order valence-electron chi connectivity index (χ1n) is 21.1. The van der Waals surface area contributed by atoms with Crippen LogP contribution < -0.4 is 16.0 Å². The highest BCUT2D eigenvalue weighted by atomic mass is 32.1. The van der Waals surface area contributed by atoms with Crippen LogP contribution in [0.5, 0.6) is 0 Å². The molecule has 4 amide bonds. The van der Waals surface area contributed by atoms with Gasteiger partial charge in [-0.05, 0) is 42.0 Å². The van der Waals surface area contributed by atoms with Gasteiger partial charge in [-0.1, -0.05) is 24.3 Å². The molecular weight excluding hydrogens is 869 g/mol. The quantitative estimate of drug-likeness (QED) is 0.144. The number of amides is 4. The molecule has 3 aliphatic rings. The zero-order valence-corrected chi connectivity index (χ0v) is 36.4. The predicted octanol–water partition coefficient (Wildman–Crippen LogP) is 1.57. The molecule has 22 heteroatoms. The van der Waals surface area contributed by atoms with E-state index in [1.807, 2.05) is 39.0 Å². The molecule has 4 heterocycles. The lowest BCUT2D eigenvalue weighted by molar-refractivity contribution is -0.140. The van der Waals surface area contributed by atoms with E-state index in [0.29, 0.717) is 88.2 Å². The SMILES string of the molecule is N#C[C@@H]1CC(F)(F)CN1C(=O)CNC(=O)c1ccnc2c(NC(=O)CCC(=O)N3CCN(C(=S)Nc4ccc(CN5CCN(CC(=O)O)CCN(CC(=O)O)CC5)cc4)CC3)cccc12. The number of halogens is 2. The number of nitriles is 1. The zero-order valence-electron chi connectivity index (χ0n) is 35.6. The van der Waals surface area contributed by atoms with Crippen molar-refractivity contribution in [2.75, 3.05) is 102 Å². The average molecular weight is 920 g/mol. The molecule has 1 aromatic heterocycles. The molecule has 2 aromatic carbocycles. The fraction of sp³-hybridized carbons (Fsp3) is 0.465. The van der Waals surface area contributed by atoms with Gasteiger partial charge in [-0.15, -0.1) is 0 Å². The largest absolute Gasteiger partial charge is 0.480 e. The number of alkyl halides is 2. The topological polar surface area (TPSA) is 235 Å². The van der Waals surface area contributed by atoms with E-state index in [1.54, 1.807) is 29.2 Å². The van der Waals surface area contributed by atoms with Crippen LogP contribution in [0.2, 0.25) is 0 Å². The average Bonchev–Trinajstić information content (AvgIpc) is 3.64. The molecular formula is C43H51F2N11O8S. The summed E-state index contributed by atoms with van der Waals surface area (Å²) >= 11 is 5.69. The number of nitrogens with one attached hydrogen (secondary N) is 3. The van der Waals surface area contributed by atoms with Gasteiger partial charge in [0, 0.05) is 109 Å². The number of thiocarbonyl (C=S) groups is 1. The monoisotopic (exact) mass is 919 g/mol. The van der Waals surface area contributed by atoms with E-state index < -0.39 is 61.1 Å². The van der Waals surface area contributed by atoms with Crippen molar-refractivity contribution in [2.45, 2.75) is 37.8 Å². The van der Waals surface area contributed by atoms with Crippen LogP contribution in [0, 0.1) is 11.3 Å². The Kier molecular flexibility index (Phi) is 16.3. The molecule has 3 saturated heterocycles. The van der Waals surface area contributed by atoms with E-state index >= 15 is 0 Å². The number of para-hydroxylation sites is 1. The van der Waals surface area contributed by atoms with E-state index in [4.69, 9.17) is 12.2 Å². The maximum Gasteiger partial charge on any atom is 0.317 e. The molecule has 0 aliphatic carbocycles. The van der Waals surface area contributed by atoms with E-state index in [1.165, 1.54) is 12.3 Å². The molecule has 19 nitrogen and oxygen atoms in total. The number of aliphatic carboxylic acids is 2. The van der Waals surface area contributed by atoms with Crippen LogP contribution >= 0.6 is 12.2 Å². The minimum absolute atomic E-state index is 0.0467. The minimum atomic E-state index is -3.19. The van der Waals surface area contributed by atoms with E-state index in [9.17, 15) is 53.0 Å². The van der Waals surface area contributed by atoms with Gasteiger partial charge in [0.25, 0.3) is 11.8 Å². The normalized spacial score (nSPS) is 18.5. The lowest BCUT2D eigenvalue weighted by Gasteiger charge is -2.36. The first-order valence-corrected chi connectivity index (χ1v) is 21.5. The Balaban J connectivity index is 0.932. The number of carbonyl (C=O) groups excluding carboxylic acids is 4. The lowest BCUT2D eigenvalue weighted by atomic mass is 10.1.